The number of aromatic hydroxyl groups is 1. The molecular formula is C12H9ClKO+. The van der Waals surface area contributed by atoms with Gasteiger partial charge in [-0.15, -0.1) is 0 Å². The van der Waals surface area contributed by atoms with Gasteiger partial charge in [0, 0.05) is 0 Å². The Labute approximate surface area is 137 Å². The minimum atomic E-state index is 0. The molecule has 0 aliphatic heterocycles. The van der Waals surface area contributed by atoms with E-state index in [9.17, 15) is 5.11 Å². The topological polar surface area (TPSA) is 20.2 Å². The molecule has 0 aliphatic rings. The Morgan fingerprint density at radius 3 is 2.13 bits per heavy atom. The Kier molecular flexibility index (Phi) is 5.33. The van der Waals surface area contributed by atoms with E-state index in [1.165, 1.54) is 0 Å². The van der Waals surface area contributed by atoms with Crippen LogP contribution in [0.15, 0.2) is 48.5 Å². The first-order valence-corrected chi connectivity index (χ1v) is 4.69. The first-order chi connectivity index (χ1) is 6.77. The Hall–Kier alpha value is 0.166. The molecule has 0 amide bonds. The van der Waals surface area contributed by atoms with Crippen LogP contribution in [0.4, 0.5) is 0 Å². The van der Waals surface area contributed by atoms with Gasteiger partial charge in [0.05, 0.1) is 5.02 Å². The van der Waals surface area contributed by atoms with Crippen LogP contribution in [0.25, 0.3) is 11.1 Å². The number of halogens is 1. The second kappa shape index (κ2) is 6.04. The molecule has 0 heterocycles. The average Bonchev–Trinajstić information content (AvgIpc) is 2.23. The third-order valence-corrected chi connectivity index (χ3v) is 2.36. The fourth-order valence-electron chi connectivity index (χ4n) is 1.32. The van der Waals surface area contributed by atoms with Crippen molar-refractivity contribution in [1.82, 2.24) is 0 Å². The number of rotatable bonds is 1. The van der Waals surface area contributed by atoms with E-state index >= 15 is 0 Å². The minimum absolute atomic E-state index is 0. The number of phenolic OH excluding ortho intramolecular Hbond substituents is 1. The fraction of sp³-hybridized carbons (Fsp3) is 0. The Bertz CT molecular complexity index is 443. The van der Waals surface area contributed by atoms with E-state index in [4.69, 9.17) is 11.6 Å². The summed E-state index contributed by atoms with van der Waals surface area (Å²) in [4.78, 5) is 0. The first kappa shape index (κ1) is 13.2. The Balaban J connectivity index is 0.00000112. The van der Waals surface area contributed by atoms with Crippen molar-refractivity contribution in [3.63, 3.8) is 0 Å². The second-order valence-corrected chi connectivity index (χ2v) is 3.44. The SMILES string of the molecule is Oc1ccc(-c2ccccc2)cc1Cl.[K+]. The number of hydrogen-bond donors (Lipinski definition) is 1. The van der Waals surface area contributed by atoms with Gasteiger partial charge in [-0.1, -0.05) is 48.0 Å². The molecule has 0 fully saturated rings. The molecule has 0 aromatic heterocycles. The van der Waals surface area contributed by atoms with Crippen LogP contribution in [0.5, 0.6) is 5.75 Å². The van der Waals surface area contributed by atoms with Crippen molar-refractivity contribution < 1.29 is 56.5 Å². The normalized spacial score (nSPS) is 9.40. The molecule has 0 atom stereocenters. The molecule has 15 heavy (non-hydrogen) atoms. The fourth-order valence-corrected chi connectivity index (χ4v) is 1.50. The van der Waals surface area contributed by atoms with Gasteiger partial charge in [0.25, 0.3) is 0 Å². The van der Waals surface area contributed by atoms with E-state index in [-0.39, 0.29) is 57.1 Å². The summed E-state index contributed by atoms with van der Waals surface area (Å²) in [6.07, 6.45) is 0. The van der Waals surface area contributed by atoms with Crippen LogP contribution in [-0.4, -0.2) is 5.11 Å². The Morgan fingerprint density at radius 2 is 1.53 bits per heavy atom. The van der Waals surface area contributed by atoms with Gasteiger partial charge in [0.15, 0.2) is 0 Å². The predicted octanol–water partition coefficient (Wildman–Crippen LogP) is 0.717. The van der Waals surface area contributed by atoms with Crippen LogP contribution < -0.4 is 51.4 Å². The molecule has 0 bridgehead atoms. The van der Waals surface area contributed by atoms with Crippen molar-refractivity contribution >= 4 is 11.6 Å². The molecule has 70 valence electrons. The van der Waals surface area contributed by atoms with Crippen LogP contribution >= 0.6 is 11.6 Å². The van der Waals surface area contributed by atoms with Crippen LogP contribution in [0.1, 0.15) is 0 Å². The summed E-state index contributed by atoms with van der Waals surface area (Å²) in [5.74, 6) is 0.117. The first-order valence-electron chi connectivity index (χ1n) is 4.31. The van der Waals surface area contributed by atoms with Crippen LogP contribution in [-0.2, 0) is 0 Å². The van der Waals surface area contributed by atoms with Crippen molar-refractivity contribution in [2.75, 3.05) is 0 Å². The largest absolute Gasteiger partial charge is 1.00 e. The zero-order chi connectivity index (χ0) is 9.97. The van der Waals surface area contributed by atoms with E-state index in [0.717, 1.165) is 11.1 Å². The zero-order valence-corrected chi connectivity index (χ0v) is 12.3. The summed E-state index contributed by atoms with van der Waals surface area (Å²) in [7, 11) is 0. The van der Waals surface area contributed by atoms with Gasteiger partial charge >= 0.3 is 51.4 Å². The summed E-state index contributed by atoms with van der Waals surface area (Å²) in [6.45, 7) is 0. The maximum Gasteiger partial charge on any atom is 1.00 e. The Morgan fingerprint density at radius 1 is 0.867 bits per heavy atom. The molecule has 2 aromatic rings. The van der Waals surface area contributed by atoms with Crippen molar-refractivity contribution in [2.24, 2.45) is 0 Å². The van der Waals surface area contributed by atoms with Crippen LogP contribution in [0.3, 0.4) is 0 Å². The molecule has 0 saturated heterocycles. The maximum atomic E-state index is 9.26. The smallest absolute Gasteiger partial charge is 0.506 e. The molecule has 0 unspecified atom stereocenters. The molecule has 0 aliphatic carbocycles. The van der Waals surface area contributed by atoms with Crippen molar-refractivity contribution in [3.05, 3.63) is 53.6 Å². The standard InChI is InChI=1S/C12H9ClO.K/c13-11-8-10(6-7-12(11)14)9-4-2-1-3-5-9;/h1-8,14H;/q;+1. The van der Waals surface area contributed by atoms with E-state index in [2.05, 4.69) is 0 Å². The average molecular weight is 244 g/mol. The molecule has 0 radical (unpaired) electrons. The summed E-state index contributed by atoms with van der Waals surface area (Å²) in [5, 5.41) is 9.64. The molecule has 1 N–H and O–H groups in total. The predicted molar refractivity (Wildman–Crippen MR) is 58.6 cm³/mol. The van der Waals surface area contributed by atoms with E-state index < -0.39 is 0 Å². The molecule has 0 saturated carbocycles. The third-order valence-electron chi connectivity index (χ3n) is 2.05. The van der Waals surface area contributed by atoms with Crippen LogP contribution in [0.2, 0.25) is 5.02 Å². The quantitative estimate of drug-likeness (QED) is 0.732. The van der Waals surface area contributed by atoms with E-state index in [0.29, 0.717) is 5.02 Å². The molecular weight excluding hydrogens is 235 g/mol. The van der Waals surface area contributed by atoms with Crippen molar-refractivity contribution in [2.45, 2.75) is 0 Å². The van der Waals surface area contributed by atoms with Crippen molar-refractivity contribution in [1.29, 1.82) is 0 Å². The van der Waals surface area contributed by atoms with Gasteiger partial charge in [-0.2, -0.15) is 0 Å². The second-order valence-electron chi connectivity index (χ2n) is 3.03. The molecule has 2 aromatic carbocycles. The van der Waals surface area contributed by atoms with Gasteiger partial charge in [-0.05, 0) is 23.3 Å². The molecule has 2 rings (SSSR count). The van der Waals surface area contributed by atoms with E-state index in [1.54, 1.807) is 12.1 Å². The monoisotopic (exact) mass is 243 g/mol. The van der Waals surface area contributed by atoms with Gasteiger partial charge in [0.1, 0.15) is 5.75 Å². The third kappa shape index (κ3) is 3.31. The van der Waals surface area contributed by atoms with Gasteiger partial charge in [-0.25, -0.2) is 0 Å². The van der Waals surface area contributed by atoms with Crippen LogP contribution in [0, 0.1) is 0 Å². The number of benzene rings is 2. The number of phenols is 1. The molecule has 1 nitrogen and oxygen atoms in total. The van der Waals surface area contributed by atoms with Gasteiger partial charge < -0.3 is 5.11 Å². The summed E-state index contributed by atoms with van der Waals surface area (Å²) in [5.41, 5.74) is 2.10. The minimum Gasteiger partial charge on any atom is -0.506 e. The summed E-state index contributed by atoms with van der Waals surface area (Å²) in [6, 6.07) is 15.1. The van der Waals surface area contributed by atoms with E-state index in [1.807, 2.05) is 36.4 Å². The maximum absolute atomic E-state index is 9.26. The number of hydrogen-bond acceptors (Lipinski definition) is 1. The molecule has 0 spiro atoms. The molecule has 3 heteroatoms. The summed E-state index contributed by atoms with van der Waals surface area (Å²) < 4.78 is 0. The van der Waals surface area contributed by atoms with Gasteiger partial charge in [0.2, 0.25) is 0 Å². The zero-order valence-electron chi connectivity index (χ0n) is 8.44. The van der Waals surface area contributed by atoms with Gasteiger partial charge in [-0.3, -0.25) is 0 Å². The summed E-state index contributed by atoms with van der Waals surface area (Å²) >= 11 is 5.81. The van der Waals surface area contributed by atoms with Crippen molar-refractivity contribution in [3.8, 4) is 16.9 Å².